The molecule has 0 aliphatic rings. The van der Waals surface area contributed by atoms with Gasteiger partial charge in [0.2, 0.25) is 0 Å². The SMILES string of the molecule is COc1ccc2cc3cc4cc5cc(C)ccc5cc4cc3cc2c1. The van der Waals surface area contributed by atoms with Gasteiger partial charge in [0, 0.05) is 0 Å². The van der Waals surface area contributed by atoms with Gasteiger partial charge in [-0.1, -0.05) is 29.8 Å². The number of ether oxygens (including phenoxy) is 1. The van der Waals surface area contributed by atoms with E-state index in [1.807, 2.05) is 6.07 Å². The first-order chi connectivity index (χ1) is 12.2. The zero-order chi connectivity index (χ0) is 17.0. The maximum atomic E-state index is 5.36. The Bertz CT molecular complexity index is 1280. The van der Waals surface area contributed by atoms with Gasteiger partial charge in [-0.3, -0.25) is 0 Å². The molecule has 0 fully saturated rings. The molecule has 0 aliphatic carbocycles. The Morgan fingerprint density at radius 3 is 1.48 bits per heavy atom. The van der Waals surface area contributed by atoms with Crippen LogP contribution in [0.25, 0.3) is 43.1 Å². The predicted molar refractivity (Wildman–Crippen MR) is 108 cm³/mol. The molecule has 0 unspecified atom stereocenters. The highest BCUT2D eigenvalue weighted by molar-refractivity contribution is 6.08. The molecule has 1 heteroatoms. The van der Waals surface area contributed by atoms with E-state index in [1.165, 1.54) is 48.7 Å². The minimum absolute atomic E-state index is 0.897. The molecular weight excluding hydrogens is 304 g/mol. The Balaban J connectivity index is 1.84. The number of hydrogen-bond donors (Lipinski definition) is 0. The lowest BCUT2D eigenvalue weighted by molar-refractivity contribution is 0.415. The molecule has 0 saturated carbocycles. The normalized spacial score (nSPS) is 11.6. The van der Waals surface area contributed by atoms with E-state index in [-0.39, 0.29) is 0 Å². The molecule has 0 amide bonds. The number of aryl methyl sites for hydroxylation is 1. The molecule has 0 radical (unpaired) electrons. The lowest BCUT2D eigenvalue weighted by Gasteiger charge is -2.08. The highest BCUT2D eigenvalue weighted by Crippen LogP contribution is 2.31. The van der Waals surface area contributed by atoms with Gasteiger partial charge in [-0.2, -0.15) is 0 Å². The zero-order valence-corrected chi connectivity index (χ0v) is 14.3. The van der Waals surface area contributed by atoms with E-state index in [4.69, 9.17) is 4.74 Å². The number of methoxy groups -OCH3 is 1. The monoisotopic (exact) mass is 322 g/mol. The highest BCUT2D eigenvalue weighted by atomic mass is 16.5. The van der Waals surface area contributed by atoms with E-state index < -0.39 is 0 Å². The smallest absolute Gasteiger partial charge is 0.119 e. The molecule has 0 N–H and O–H groups in total. The highest BCUT2D eigenvalue weighted by Gasteiger charge is 2.04. The van der Waals surface area contributed by atoms with Crippen molar-refractivity contribution in [2.24, 2.45) is 0 Å². The van der Waals surface area contributed by atoms with E-state index in [0.717, 1.165) is 5.75 Å². The molecule has 0 saturated heterocycles. The van der Waals surface area contributed by atoms with Gasteiger partial charge >= 0.3 is 0 Å². The van der Waals surface area contributed by atoms with Crippen LogP contribution in [0.3, 0.4) is 0 Å². The summed E-state index contributed by atoms with van der Waals surface area (Å²) in [5.41, 5.74) is 1.30. The van der Waals surface area contributed by atoms with Crippen molar-refractivity contribution < 1.29 is 4.74 Å². The Labute approximate surface area is 146 Å². The van der Waals surface area contributed by atoms with Gasteiger partial charge in [0.05, 0.1) is 7.11 Å². The van der Waals surface area contributed by atoms with Crippen LogP contribution in [0.4, 0.5) is 0 Å². The first kappa shape index (κ1) is 14.3. The van der Waals surface area contributed by atoms with Gasteiger partial charge in [-0.25, -0.2) is 0 Å². The van der Waals surface area contributed by atoms with Crippen LogP contribution < -0.4 is 4.74 Å². The molecule has 25 heavy (non-hydrogen) atoms. The van der Waals surface area contributed by atoms with E-state index in [9.17, 15) is 0 Å². The van der Waals surface area contributed by atoms with Crippen molar-refractivity contribution in [3.8, 4) is 5.75 Å². The fourth-order valence-electron chi connectivity index (χ4n) is 3.73. The van der Waals surface area contributed by atoms with Gasteiger partial charge in [-0.15, -0.1) is 0 Å². The minimum atomic E-state index is 0.897. The summed E-state index contributed by atoms with van der Waals surface area (Å²) in [5.74, 6) is 0.897. The van der Waals surface area contributed by atoms with Crippen molar-refractivity contribution in [3.63, 3.8) is 0 Å². The second-order valence-electron chi connectivity index (χ2n) is 6.81. The molecule has 0 heterocycles. The summed E-state index contributed by atoms with van der Waals surface area (Å²) in [6.45, 7) is 2.14. The van der Waals surface area contributed by atoms with Crippen molar-refractivity contribution in [2.75, 3.05) is 7.11 Å². The van der Waals surface area contributed by atoms with E-state index >= 15 is 0 Å². The van der Waals surface area contributed by atoms with E-state index in [1.54, 1.807) is 7.11 Å². The van der Waals surface area contributed by atoms with Crippen LogP contribution in [-0.2, 0) is 0 Å². The molecule has 0 spiro atoms. The lowest BCUT2D eigenvalue weighted by atomic mass is 9.97. The Morgan fingerprint density at radius 1 is 0.480 bits per heavy atom. The minimum Gasteiger partial charge on any atom is -0.497 e. The average molecular weight is 322 g/mol. The summed E-state index contributed by atoms with van der Waals surface area (Å²) in [6.07, 6.45) is 0. The molecule has 1 nitrogen and oxygen atoms in total. The van der Waals surface area contributed by atoms with Gasteiger partial charge in [0.25, 0.3) is 0 Å². The van der Waals surface area contributed by atoms with E-state index in [0.29, 0.717) is 0 Å². The Morgan fingerprint density at radius 2 is 0.920 bits per heavy atom. The fourth-order valence-corrected chi connectivity index (χ4v) is 3.73. The number of benzene rings is 5. The third-order valence-corrected chi connectivity index (χ3v) is 5.07. The van der Waals surface area contributed by atoms with Crippen molar-refractivity contribution in [1.29, 1.82) is 0 Å². The van der Waals surface area contributed by atoms with Crippen LogP contribution >= 0.6 is 0 Å². The lowest BCUT2D eigenvalue weighted by Crippen LogP contribution is -1.84. The van der Waals surface area contributed by atoms with Crippen LogP contribution in [0.2, 0.25) is 0 Å². The van der Waals surface area contributed by atoms with Gasteiger partial charge in [0.15, 0.2) is 0 Å². The van der Waals surface area contributed by atoms with Crippen molar-refractivity contribution >= 4 is 43.1 Å². The summed E-state index contributed by atoms with van der Waals surface area (Å²) in [7, 11) is 1.71. The third-order valence-electron chi connectivity index (χ3n) is 5.07. The molecule has 0 aliphatic heterocycles. The van der Waals surface area contributed by atoms with Gasteiger partial charge < -0.3 is 4.74 Å². The summed E-state index contributed by atoms with van der Waals surface area (Å²) in [5, 5.41) is 10.2. The number of hydrogen-bond acceptors (Lipinski definition) is 1. The second-order valence-corrected chi connectivity index (χ2v) is 6.81. The molecular formula is C24H18O. The van der Waals surface area contributed by atoms with Crippen LogP contribution in [0, 0.1) is 6.92 Å². The summed E-state index contributed by atoms with van der Waals surface area (Å²) in [6, 6.07) is 26.6. The quantitative estimate of drug-likeness (QED) is 0.315. The molecule has 5 aromatic carbocycles. The van der Waals surface area contributed by atoms with Crippen LogP contribution in [0.15, 0.2) is 72.8 Å². The number of fused-ring (bicyclic) bond motifs is 4. The Kier molecular flexibility index (Phi) is 2.98. The number of rotatable bonds is 1. The second kappa shape index (κ2) is 5.22. The Hall–Kier alpha value is -3.06. The van der Waals surface area contributed by atoms with Gasteiger partial charge in [-0.05, 0) is 98.5 Å². The molecule has 0 atom stereocenters. The first-order valence-corrected chi connectivity index (χ1v) is 8.55. The van der Waals surface area contributed by atoms with Gasteiger partial charge in [0.1, 0.15) is 5.75 Å². The average Bonchev–Trinajstić information content (AvgIpc) is 2.62. The standard InChI is InChI=1S/C24H18O/c1-15-3-4-16-8-19-12-22-13-23-14-24(25-2)6-5-17(23)9-20(22)11-21(19)10-18(16)7-15/h3-14H,1-2H3. The third kappa shape index (κ3) is 2.32. The molecule has 0 aromatic heterocycles. The summed E-state index contributed by atoms with van der Waals surface area (Å²) < 4.78 is 5.36. The maximum absolute atomic E-state index is 5.36. The molecule has 5 aromatic rings. The topological polar surface area (TPSA) is 9.23 Å². The predicted octanol–water partition coefficient (Wildman–Crippen LogP) is 6.62. The summed E-state index contributed by atoms with van der Waals surface area (Å²) in [4.78, 5) is 0. The summed E-state index contributed by atoms with van der Waals surface area (Å²) >= 11 is 0. The largest absolute Gasteiger partial charge is 0.497 e. The van der Waals surface area contributed by atoms with Crippen LogP contribution in [-0.4, -0.2) is 7.11 Å². The molecule has 0 bridgehead atoms. The van der Waals surface area contributed by atoms with Crippen LogP contribution in [0.1, 0.15) is 5.56 Å². The van der Waals surface area contributed by atoms with Crippen molar-refractivity contribution in [3.05, 3.63) is 78.4 Å². The molecule has 5 rings (SSSR count). The zero-order valence-electron chi connectivity index (χ0n) is 14.3. The van der Waals surface area contributed by atoms with Crippen LogP contribution in [0.5, 0.6) is 5.75 Å². The van der Waals surface area contributed by atoms with E-state index in [2.05, 4.69) is 73.7 Å². The first-order valence-electron chi connectivity index (χ1n) is 8.55. The fraction of sp³-hybridized carbons (Fsp3) is 0.0833. The molecule has 120 valence electrons. The maximum Gasteiger partial charge on any atom is 0.119 e. The van der Waals surface area contributed by atoms with Crippen molar-refractivity contribution in [2.45, 2.75) is 6.92 Å². The van der Waals surface area contributed by atoms with Crippen molar-refractivity contribution in [1.82, 2.24) is 0 Å².